The monoisotopic (exact) mass is 391 g/mol. The Morgan fingerprint density at radius 3 is 2.52 bits per heavy atom. The number of aryl methyl sites for hydroxylation is 1. The third kappa shape index (κ3) is 3.36. The lowest BCUT2D eigenvalue weighted by molar-refractivity contribution is 0.0697. The third-order valence-electron chi connectivity index (χ3n) is 2.62. The van der Waals surface area contributed by atoms with Crippen molar-refractivity contribution in [1.82, 2.24) is 0 Å². The highest BCUT2D eigenvalue weighted by Crippen LogP contribution is 2.32. The predicted octanol–water partition coefficient (Wildman–Crippen LogP) is 3.02. The van der Waals surface area contributed by atoms with Gasteiger partial charge in [0.25, 0.3) is 10.0 Å². The van der Waals surface area contributed by atoms with E-state index in [1.165, 1.54) is 23.5 Å². The molecule has 2 rings (SSSR count). The standard InChI is InChI=1S/C12H10BrNO5S2/c1-6-10(5-11(13)20-6)21(18,19)14-8-4-7(12(16)17)2-3-9(8)15/h2-5,14-15H,1H3,(H,16,17). The van der Waals surface area contributed by atoms with Gasteiger partial charge in [-0.25, -0.2) is 13.2 Å². The summed E-state index contributed by atoms with van der Waals surface area (Å²) in [6, 6.07) is 4.81. The second kappa shape index (κ2) is 5.66. The van der Waals surface area contributed by atoms with Gasteiger partial charge in [0.05, 0.1) is 15.0 Å². The topological polar surface area (TPSA) is 104 Å². The first-order valence-electron chi connectivity index (χ1n) is 5.56. The fourth-order valence-electron chi connectivity index (χ4n) is 1.65. The van der Waals surface area contributed by atoms with E-state index in [0.717, 1.165) is 12.1 Å². The van der Waals surface area contributed by atoms with Crippen LogP contribution in [0.2, 0.25) is 0 Å². The van der Waals surface area contributed by atoms with Gasteiger partial charge in [-0.2, -0.15) is 0 Å². The zero-order valence-corrected chi connectivity index (χ0v) is 13.8. The lowest BCUT2D eigenvalue weighted by Gasteiger charge is -2.10. The van der Waals surface area contributed by atoms with E-state index in [-0.39, 0.29) is 21.9 Å². The molecule has 0 aliphatic carbocycles. The normalized spacial score (nSPS) is 11.3. The average Bonchev–Trinajstić information content (AvgIpc) is 2.71. The molecular weight excluding hydrogens is 382 g/mol. The van der Waals surface area contributed by atoms with Gasteiger partial charge in [-0.3, -0.25) is 4.72 Å². The van der Waals surface area contributed by atoms with Crippen molar-refractivity contribution in [1.29, 1.82) is 0 Å². The number of aromatic hydroxyl groups is 1. The Kier molecular flexibility index (Phi) is 4.26. The Labute approximate surface area is 133 Å². The number of carbonyl (C=O) groups is 1. The first-order chi connectivity index (χ1) is 9.70. The molecule has 1 aromatic carbocycles. The highest BCUT2D eigenvalue weighted by Gasteiger charge is 2.21. The molecule has 0 saturated heterocycles. The predicted molar refractivity (Wildman–Crippen MR) is 82.6 cm³/mol. The summed E-state index contributed by atoms with van der Waals surface area (Å²) in [6.45, 7) is 1.65. The molecule has 0 radical (unpaired) electrons. The lowest BCUT2D eigenvalue weighted by Crippen LogP contribution is -2.13. The second-order valence-corrected chi connectivity index (χ2v) is 8.40. The van der Waals surface area contributed by atoms with Crippen LogP contribution in [0.4, 0.5) is 5.69 Å². The van der Waals surface area contributed by atoms with E-state index in [0.29, 0.717) is 8.66 Å². The van der Waals surface area contributed by atoms with Crippen LogP contribution in [0.1, 0.15) is 15.2 Å². The van der Waals surface area contributed by atoms with Crippen LogP contribution in [0.5, 0.6) is 5.75 Å². The first-order valence-corrected chi connectivity index (χ1v) is 8.65. The minimum absolute atomic E-state index is 0.0690. The number of anilines is 1. The number of carboxylic acids is 1. The summed E-state index contributed by atoms with van der Waals surface area (Å²) in [5, 5.41) is 18.6. The van der Waals surface area contributed by atoms with Gasteiger partial charge in [0.15, 0.2) is 0 Å². The fourth-order valence-corrected chi connectivity index (χ4v) is 5.13. The molecule has 3 N–H and O–H groups in total. The molecule has 0 atom stereocenters. The highest BCUT2D eigenvalue weighted by atomic mass is 79.9. The first kappa shape index (κ1) is 15.8. The Morgan fingerprint density at radius 1 is 1.33 bits per heavy atom. The molecule has 9 heteroatoms. The molecular formula is C12H10BrNO5S2. The van der Waals surface area contributed by atoms with Gasteiger partial charge in [-0.1, -0.05) is 0 Å². The Bertz CT molecular complexity index is 813. The van der Waals surface area contributed by atoms with Gasteiger partial charge in [-0.15, -0.1) is 11.3 Å². The molecule has 6 nitrogen and oxygen atoms in total. The number of carboxylic acid groups (broad SMARTS) is 1. The molecule has 112 valence electrons. The summed E-state index contributed by atoms with van der Waals surface area (Å²) in [4.78, 5) is 11.5. The largest absolute Gasteiger partial charge is 0.506 e. The molecule has 0 saturated carbocycles. The number of hydrogen-bond donors (Lipinski definition) is 3. The zero-order valence-electron chi connectivity index (χ0n) is 10.6. The van der Waals surface area contributed by atoms with Crippen LogP contribution in [0.25, 0.3) is 0 Å². The van der Waals surface area contributed by atoms with Gasteiger partial charge in [-0.05, 0) is 47.1 Å². The summed E-state index contributed by atoms with van der Waals surface area (Å²) >= 11 is 4.46. The summed E-state index contributed by atoms with van der Waals surface area (Å²) < 4.78 is 27.4. The number of sulfonamides is 1. The van der Waals surface area contributed by atoms with Crippen molar-refractivity contribution >= 4 is 48.9 Å². The van der Waals surface area contributed by atoms with Crippen LogP contribution in [0, 0.1) is 6.92 Å². The minimum atomic E-state index is -3.91. The van der Waals surface area contributed by atoms with Crippen LogP contribution >= 0.6 is 27.3 Å². The van der Waals surface area contributed by atoms with Crippen LogP contribution in [-0.4, -0.2) is 24.6 Å². The molecule has 0 fully saturated rings. The second-order valence-electron chi connectivity index (χ2n) is 4.11. The van der Waals surface area contributed by atoms with Gasteiger partial charge >= 0.3 is 5.97 Å². The van der Waals surface area contributed by atoms with Crippen molar-refractivity contribution in [3.8, 4) is 5.75 Å². The number of aromatic carboxylic acids is 1. The van der Waals surface area contributed by atoms with E-state index in [1.807, 2.05) is 0 Å². The number of phenols is 1. The van der Waals surface area contributed by atoms with Crippen molar-refractivity contribution in [2.45, 2.75) is 11.8 Å². The van der Waals surface area contributed by atoms with Crippen LogP contribution in [0.3, 0.4) is 0 Å². The van der Waals surface area contributed by atoms with Crippen molar-refractivity contribution in [2.24, 2.45) is 0 Å². The number of thiophene rings is 1. The molecule has 21 heavy (non-hydrogen) atoms. The SMILES string of the molecule is Cc1sc(Br)cc1S(=O)(=O)Nc1cc(C(=O)O)ccc1O. The van der Waals surface area contributed by atoms with Crippen molar-refractivity contribution < 1.29 is 23.4 Å². The van der Waals surface area contributed by atoms with Gasteiger partial charge < -0.3 is 10.2 Å². The maximum atomic E-state index is 12.3. The molecule has 0 spiro atoms. The van der Waals surface area contributed by atoms with Crippen molar-refractivity contribution in [3.63, 3.8) is 0 Å². The van der Waals surface area contributed by atoms with E-state index < -0.39 is 16.0 Å². The van der Waals surface area contributed by atoms with Crippen LogP contribution in [-0.2, 0) is 10.0 Å². The van der Waals surface area contributed by atoms with Crippen LogP contribution in [0.15, 0.2) is 32.9 Å². The molecule has 0 unspecified atom stereocenters. The summed E-state index contributed by atoms with van der Waals surface area (Å²) in [5.41, 5.74) is -0.314. The number of phenolic OH excluding ortho intramolecular Hbond substituents is 1. The van der Waals surface area contributed by atoms with E-state index in [1.54, 1.807) is 6.92 Å². The number of hydrogen-bond acceptors (Lipinski definition) is 5. The Hall–Kier alpha value is -1.58. The smallest absolute Gasteiger partial charge is 0.335 e. The Morgan fingerprint density at radius 2 is 2.00 bits per heavy atom. The lowest BCUT2D eigenvalue weighted by atomic mass is 10.2. The third-order valence-corrected chi connectivity index (χ3v) is 5.79. The number of benzene rings is 1. The molecule has 1 heterocycles. The number of rotatable bonds is 4. The number of nitrogens with one attached hydrogen (secondary N) is 1. The van der Waals surface area contributed by atoms with E-state index >= 15 is 0 Å². The molecule has 1 aromatic heterocycles. The van der Waals surface area contributed by atoms with Crippen LogP contribution < -0.4 is 4.72 Å². The van der Waals surface area contributed by atoms with E-state index in [4.69, 9.17) is 5.11 Å². The summed E-state index contributed by atoms with van der Waals surface area (Å²) in [7, 11) is -3.91. The van der Waals surface area contributed by atoms with Gasteiger partial charge in [0, 0.05) is 4.88 Å². The van der Waals surface area contributed by atoms with Gasteiger partial charge in [0.1, 0.15) is 10.6 Å². The van der Waals surface area contributed by atoms with E-state index in [9.17, 15) is 18.3 Å². The molecule has 2 aromatic rings. The summed E-state index contributed by atoms with van der Waals surface area (Å²) in [5.74, 6) is -1.57. The quantitative estimate of drug-likeness (QED) is 0.694. The Balaban J connectivity index is 2.43. The summed E-state index contributed by atoms with van der Waals surface area (Å²) in [6.07, 6.45) is 0. The maximum Gasteiger partial charge on any atom is 0.335 e. The fraction of sp³-hybridized carbons (Fsp3) is 0.0833. The highest BCUT2D eigenvalue weighted by molar-refractivity contribution is 9.11. The molecule has 0 bridgehead atoms. The maximum absolute atomic E-state index is 12.3. The number of halogens is 1. The van der Waals surface area contributed by atoms with Crippen molar-refractivity contribution in [2.75, 3.05) is 4.72 Å². The molecule has 0 aliphatic rings. The van der Waals surface area contributed by atoms with E-state index in [2.05, 4.69) is 20.7 Å². The van der Waals surface area contributed by atoms with Gasteiger partial charge in [0.2, 0.25) is 0 Å². The molecule has 0 aliphatic heterocycles. The average molecular weight is 392 g/mol. The minimum Gasteiger partial charge on any atom is -0.506 e. The zero-order chi connectivity index (χ0) is 15.8. The van der Waals surface area contributed by atoms with Crippen molar-refractivity contribution in [3.05, 3.63) is 38.5 Å². The molecule has 0 amide bonds.